The lowest BCUT2D eigenvalue weighted by Gasteiger charge is -2.52. The molecule has 0 radical (unpaired) electrons. The van der Waals surface area contributed by atoms with Gasteiger partial charge in [0.1, 0.15) is 0 Å². The molecule has 1 aromatic rings. The van der Waals surface area contributed by atoms with Gasteiger partial charge in [0.25, 0.3) is 0 Å². The quantitative estimate of drug-likeness (QED) is 0.664. The summed E-state index contributed by atoms with van der Waals surface area (Å²) in [5, 5.41) is 4.15. The van der Waals surface area contributed by atoms with E-state index in [1.54, 1.807) is 18.2 Å². The fraction of sp³-hybridized carbons (Fsp3) is 0.611. The zero-order valence-electron chi connectivity index (χ0n) is 13.4. The molecule has 1 spiro atoms. The van der Waals surface area contributed by atoms with Crippen LogP contribution in [0.15, 0.2) is 18.2 Å². The Hall–Kier alpha value is -0.0300. The van der Waals surface area contributed by atoms with Crippen molar-refractivity contribution in [2.24, 2.45) is 17.8 Å². The van der Waals surface area contributed by atoms with Gasteiger partial charge in [-0.2, -0.15) is 0 Å². The van der Waals surface area contributed by atoms with Crippen molar-refractivity contribution in [3.63, 3.8) is 0 Å². The molecule has 2 aliphatic carbocycles. The summed E-state index contributed by atoms with van der Waals surface area (Å²) >= 11 is 16.6. The van der Waals surface area contributed by atoms with Gasteiger partial charge >= 0.3 is 0 Å². The van der Waals surface area contributed by atoms with Crippen LogP contribution in [-0.2, 0) is 4.79 Å². The number of hydrogen-bond acceptors (Lipinski definition) is 3. The Kier molecular flexibility index (Phi) is 5.03. The van der Waals surface area contributed by atoms with Gasteiger partial charge in [0.2, 0.25) is 5.91 Å². The van der Waals surface area contributed by atoms with Crippen molar-refractivity contribution in [1.82, 2.24) is 0 Å². The first kappa shape index (κ1) is 17.4. The van der Waals surface area contributed by atoms with Crippen molar-refractivity contribution < 1.29 is 4.79 Å². The number of rotatable bonds is 2. The van der Waals surface area contributed by atoms with Gasteiger partial charge in [0, 0.05) is 22.4 Å². The lowest BCUT2D eigenvalue weighted by Crippen LogP contribution is -2.48. The van der Waals surface area contributed by atoms with Gasteiger partial charge in [-0.25, -0.2) is 0 Å². The first-order valence-corrected chi connectivity index (χ1v) is 11.3. The Labute approximate surface area is 161 Å². The monoisotopic (exact) mass is 401 g/mol. The molecule has 6 heteroatoms. The Morgan fingerprint density at radius 2 is 1.79 bits per heavy atom. The van der Waals surface area contributed by atoms with Crippen molar-refractivity contribution in [2.75, 3.05) is 16.8 Å². The second-order valence-electron chi connectivity index (χ2n) is 7.02. The third-order valence-corrected chi connectivity index (χ3v) is 10.3. The molecule has 1 amide bonds. The molecule has 2 saturated carbocycles. The second-order valence-corrected chi connectivity index (χ2v) is 10.9. The zero-order chi connectivity index (χ0) is 16.7. The third-order valence-electron chi connectivity index (χ3n) is 5.68. The number of carbonyl (C=O) groups is 1. The standard InChI is InChI=1S/C18H21Cl2NOS2/c19-14-4-5-15(20)16(10-14)21-17(22)11-8-12-2-1-3-13(9-11)18(12)23-6-7-24-18/h4-5,10-13H,1-3,6-9H2,(H,21,22). The fourth-order valence-corrected chi connectivity index (χ4v) is 8.93. The maximum Gasteiger partial charge on any atom is 0.227 e. The van der Waals surface area contributed by atoms with Crippen molar-refractivity contribution in [3.05, 3.63) is 28.2 Å². The normalized spacial score (nSPS) is 31.2. The van der Waals surface area contributed by atoms with Crippen molar-refractivity contribution >= 4 is 58.3 Å². The van der Waals surface area contributed by atoms with Gasteiger partial charge in [-0.1, -0.05) is 29.6 Å². The highest BCUT2D eigenvalue weighted by Crippen LogP contribution is 2.64. The molecule has 4 rings (SSSR count). The molecule has 2 atom stereocenters. The van der Waals surface area contributed by atoms with Crippen molar-refractivity contribution in [3.8, 4) is 0 Å². The second kappa shape index (κ2) is 6.94. The summed E-state index contributed by atoms with van der Waals surface area (Å²) in [7, 11) is 0. The van der Waals surface area contributed by atoms with E-state index in [0.717, 1.165) is 12.8 Å². The highest BCUT2D eigenvalue weighted by molar-refractivity contribution is 8.21. The predicted octanol–water partition coefficient (Wildman–Crippen LogP) is 5.93. The van der Waals surface area contributed by atoms with Crippen LogP contribution in [0, 0.1) is 17.8 Å². The van der Waals surface area contributed by atoms with Crippen LogP contribution in [0.5, 0.6) is 0 Å². The van der Waals surface area contributed by atoms with Crippen LogP contribution in [0.4, 0.5) is 5.69 Å². The van der Waals surface area contributed by atoms with E-state index in [-0.39, 0.29) is 11.8 Å². The molecule has 24 heavy (non-hydrogen) atoms. The van der Waals surface area contributed by atoms with Crippen LogP contribution in [0.2, 0.25) is 10.0 Å². The van der Waals surface area contributed by atoms with Crippen LogP contribution >= 0.6 is 46.7 Å². The number of anilines is 1. The smallest absolute Gasteiger partial charge is 0.227 e. The van der Waals surface area contributed by atoms with Crippen molar-refractivity contribution in [2.45, 2.75) is 36.2 Å². The maximum absolute atomic E-state index is 12.8. The molecule has 1 saturated heterocycles. The highest BCUT2D eigenvalue weighted by Gasteiger charge is 2.55. The summed E-state index contributed by atoms with van der Waals surface area (Å²) in [6.07, 6.45) is 5.91. The number of amides is 1. The molecule has 1 N–H and O–H groups in total. The highest BCUT2D eigenvalue weighted by atomic mass is 35.5. The van der Waals surface area contributed by atoms with Gasteiger partial charge in [-0.3, -0.25) is 4.79 Å². The lowest BCUT2D eigenvalue weighted by atomic mass is 9.67. The maximum atomic E-state index is 12.8. The van der Waals surface area contributed by atoms with Gasteiger partial charge in [-0.05, 0) is 55.7 Å². The number of nitrogens with one attached hydrogen (secondary N) is 1. The van der Waals surface area contributed by atoms with E-state index in [4.69, 9.17) is 23.2 Å². The SMILES string of the molecule is O=C(Nc1cc(Cl)ccc1Cl)C1CC2CCCC(C1)C21SCCS1. The molecule has 0 aromatic heterocycles. The van der Waals surface area contributed by atoms with E-state index >= 15 is 0 Å². The topological polar surface area (TPSA) is 29.1 Å². The van der Waals surface area contributed by atoms with Crippen molar-refractivity contribution in [1.29, 1.82) is 0 Å². The Bertz CT molecular complexity index is 632. The Morgan fingerprint density at radius 1 is 1.12 bits per heavy atom. The summed E-state index contributed by atoms with van der Waals surface area (Å²) in [6.45, 7) is 0. The molecule has 3 fully saturated rings. The summed E-state index contributed by atoms with van der Waals surface area (Å²) in [4.78, 5) is 12.8. The van der Waals surface area contributed by atoms with Crippen LogP contribution in [0.1, 0.15) is 32.1 Å². The number of benzene rings is 1. The molecule has 2 unspecified atom stereocenters. The van der Waals surface area contributed by atoms with E-state index in [0.29, 0.717) is 31.6 Å². The van der Waals surface area contributed by atoms with Crippen LogP contribution < -0.4 is 5.32 Å². The molecular formula is C18H21Cl2NOS2. The zero-order valence-corrected chi connectivity index (χ0v) is 16.5. The first-order chi connectivity index (χ1) is 11.6. The molecule has 130 valence electrons. The minimum absolute atomic E-state index is 0.0998. The summed E-state index contributed by atoms with van der Waals surface area (Å²) in [6, 6.07) is 5.20. The van der Waals surface area contributed by atoms with E-state index in [9.17, 15) is 4.79 Å². The molecule has 2 nitrogen and oxygen atoms in total. The first-order valence-electron chi connectivity index (χ1n) is 8.62. The Morgan fingerprint density at radius 3 is 2.46 bits per heavy atom. The number of carbonyl (C=O) groups excluding carboxylic acids is 1. The largest absolute Gasteiger partial charge is 0.324 e. The van der Waals surface area contributed by atoms with E-state index in [1.807, 2.05) is 0 Å². The molecule has 2 bridgehead atoms. The van der Waals surface area contributed by atoms with Crippen LogP contribution in [0.3, 0.4) is 0 Å². The molecule has 1 aliphatic heterocycles. The third kappa shape index (κ3) is 3.08. The van der Waals surface area contributed by atoms with Gasteiger partial charge in [-0.15, -0.1) is 23.5 Å². The summed E-state index contributed by atoms with van der Waals surface area (Å²) in [5.74, 6) is 4.10. The van der Waals surface area contributed by atoms with E-state index < -0.39 is 0 Å². The minimum Gasteiger partial charge on any atom is -0.324 e. The van der Waals surface area contributed by atoms with Crippen LogP contribution in [0.25, 0.3) is 0 Å². The predicted molar refractivity (Wildman–Crippen MR) is 106 cm³/mol. The minimum atomic E-state index is 0.0998. The average Bonchev–Trinajstić information content (AvgIpc) is 3.00. The molecule has 1 heterocycles. The fourth-order valence-electron chi connectivity index (χ4n) is 4.65. The molecular weight excluding hydrogens is 381 g/mol. The summed E-state index contributed by atoms with van der Waals surface area (Å²) < 4.78 is 0.405. The number of hydrogen-bond donors (Lipinski definition) is 1. The number of thioether (sulfide) groups is 2. The molecule has 3 aliphatic rings. The van der Waals surface area contributed by atoms with E-state index in [1.165, 1.54) is 30.8 Å². The molecule has 1 aromatic carbocycles. The van der Waals surface area contributed by atoms with E-state index in [2.05, 4.69) is 28.8 Å². The average molecular weight is 402 g/mol. The number of halogens is 2. The lowest BCUT2D eigenvalue weighted by molar-refractivity contribution is -0.122. The Balaban J connectivity index is 1.50. The van der Waals surface area contributed by atoms with Gasteiger partial charge in [0.05, 0.1) is 14.8 Å². The van der Waals surface area contributed by atoms with Crippen LogP contribution in [-0.4, -0.2) is 21.5 Å². The van der Waals surface area contributed by atoms with Gasteiger partial charge < -0.3 is 5.32 Å². The van der Waals surface area contributed by atoms with Gasteiger partial charge in [0.15, 0.2) is 0 Å². The summed E-state index contributed by atoms with van der Waals surface area (Å²) in [5.41, 5.74) is 0.629.